The quantitative estimate of drug-likeness (QED) is 0.754. The van der Waals surface area contributed by atoms with Gasteiger partial charge in [-0.15, -0.1) is 0 Å². The number of anilines is 2. The van der Waals surface area contributed by atoms with E-state index in [2.05, 4.69) is 21.6 Å². The highest BCUT2D eigenvalue weighted by Crippen LogP contribution is 2.37. The summed E-state index contributed by atoms with van der Waals surface area (Å²) in [6.07, 6.45) is 5.87. The van der Waals surface area contributed by atoms with E-state index in [0.717, 1.165) is 44.3 Å². The Morgan fingerprint density at radius 3 is 2.83 bits per heavy atom. The van der Waals surface area contributed by atoms with Crippen LogP contribution in [0.25, 0.3) is 0 Å². The standard InChI is InChI=1S/C21H24N4O4/c22-13-21(8-2-1-3-9-21)24-18(26)12-29-20(28)14-6-7-16-15(11-14)23-19(27)17-5-4-10-25(16)17/h6-7,11,17H,1-5,8-10,12H2,(H,23,27)(H,24,26)/t17-/m1/s1. The van der Waals surface area contributed by atoms with E-state index in [4.69, 9.17) is 4.74 Å². The molecule has 2 heterocycles. The van der Waals surface area contributed by atoms with E-state index in [1.807, 2.05) is 0 Å². The number of carbonyl (C=O) groups excluding carboxylic acids is 3. The number of fused-ring (bicyclic) bond motifs is 3. The zero-order valence-electron chi connectivity index (χ0n) is 16.2. The zero-order valence-corrected chi connectivity index (χ0v) is 16.2. The Balaban J connectivity index is 1.38. The van der Waals surface area contributed by atoms with Gasteiger partial charge in [-0.3, -0.25) is 9.59 Å². The van der Waals surface area contributed by atoms with Crippen LogP contribution in [0.3, 0.4) is 0 Å². The molecule has 2 aliphatic heterocycles. The van der Waals surface area contributed by atoms with Gasteiger partial charge in [-0.25, -0.2) is 4.79 Å². The van der Waals surface area contributed by atoms with Gasteiger partial charge in [0.2, 0.25) is 5.91 Å². The smallest absolute Gasteiger partial charge is 0.338 e. The van der Waals surface area contributed by atoms with Gasteiger partial charge < -0.3 is 20.3 Å². The summed E-state index contributed by atoms with van der Waals surface area (Å²) in [5.74, 6) is -1.18. The van der Waals surface area contributed by atoms with Crippen LogP contribution in [0.15, 0.2) is 18.2 Å². The molecule has 152 valence electrons. The number of ether oxygens (including phenoxy) is 1. The first-order valence-corrected chi connectivity index (χ1v) is 10.1. The van der Waals surface area contributed by atoms with Crippen molar-refractivity contribution in [3.8, 4) is 6.07 Å². The average Bonchev–Trinajstić information content (AvgIpc) is 3.23. The second-order valence-corrected chi connectivity index (χ2v) is 7.95. The normalized spacial score (nSPS) is 22.0. The number of nitrogens with zero attached hydrogens (tertiary/aromatic N) is 2. The highest BCUT2D eigenvalue weighted by atomic mass is 16.5. The number of nitriles is 1. The molecule has 0 spiro atoms. The van der Waals surface area contributed by atoms with E-state index in [-0.39, 0.29) is 17.5 Å². The number of hydrogen-bond acceptors (Lipinski definition) is 6. The summed E-state index contributed by atoms with van der Waals surface area (Å²) in [4.78, 5) is 38.9. The second kappa shape index (κ2) is 7.74. The summed E-state index contributed by atoms with van der Waals surface area (Å²) >= 11 is 0. The van der Waals surface area contributed by atoms with Gasteiger partial charge in [0.1, 0.15) is 11.6 Å². The number of amides is 2. The van der Waals surface area contributed by atoms with Crippen molar-refractivity contribution in [1.82, 2.24) is 5.32 Å². The van der Waals surface area contributed by atoms with E-state index in [1.54, 1.807) is 18.2 Å². The van der Waals surface area contributed by atoms with Gasteiger partial charge in [-0.2, -0.15) is 5.26 Å². The van der Waals surface area contributed by atoms with Crippen LogP contribution in [0.4, 0.5) is 11.4 Å². The minimum atomic E-state index is -0.857. The minimum absolute atomic E-state index is 0.0609. The maximum Gasteiger partial charge on any atom is 0.338 e. The second-order valence-electron chi connectivity index (χ2n) is 7.95. The number of rotatable bonds is 4. The van der Waals surface area contributed by atoms with Crippen LogP contribution >= 0.6 is 0 Å². The lowest BCUT2D eigenvalue weighted by Gasteiger charge is -2.33. The molecule has 0 bridgehead atoms. The van der Waals surface area contributed by atoms with Gasteiger partial charge in [0.15, 0.2) is 6.61 Å². The molecule has 0 aromatic heterocycles. The predicted molar refractivity (Wildman–Crippen MR) is 105 cm³/mol. The molecule has 1 aliphatic carbocycles. The molecule has 1 saturated carbocycles. The predicted octanol–water partition coefficient (Wildman–Crippen LogP) is 2.11. The molecule has 8 heteroatoms. The van der Waals surface area contributed by atoms with Crippen molar-refractivity contribution >= 4 is 29.2 Å². The zero-order chi connectivity index (χ0) is 20.4. The van der Waals surface area contributed by atoms with Crippen LogP contribution in [0.1, 0.15) is 55.3 Å². The molecule has 1 atom stereocenters. The Morgan fingerprint density at radius 2 is 2.07 bits per heavy atom. The van der Waals surface area contributed by atoms with Crippen molar-refractivity contribution in [2.45, 2.75) is 56.5 Å². The lowest BCUT2D eigenvalue weighted by Crippen LogP contribution is -2.50. The Labute approximate surface area is 169 Å². The molecule has 1 saturated heterocycles. The molecule has 2 N–H and O–H groups in total. The molecule has 3 aliphatic rings. The molecule has 8 nitrogen and oxygen atoms in total. The summed E-state index contributed by atoms with van der Waals surface area (Å²) in [5, 5.41) is 15.0. The van der Waals surface area contributed by atoms with E-state index in [1.165, 1.54) is 0 Å². The van der Waals surface area contributed by atoms with Crippen LogP contribution in [-0.4, -0.2) is 42.5 Å². The maximum absolute atomic E-state index is 12.4. The number of nitrogens with one attached hydrogen (secondary N) is 2. The van der Waals surface area contributed by atoms with Gasteiger partial charge in [0, 0.05) is 6.54 Å². The summed E-state index contributed by atoms with van der Waals surface area (Å²) in [5.41, 5.74) is 0.888. The largest absolute Gasteiger partial charge is 0.452 e. The highest BCUT2D eigenvalue weighted by Gasteiger charge is 2.37. The van der Waals surface area contributed by atoms with Crippen molar-refractivity contribution in [2.24, 2.45) is 0 Å². The van der Waals surface area contributed by atoms with Crippen LogP contribution in [-0.2, 0) is 14.3 Å². The third-order valence-corrected chi connectivity index (χ3v) is 5.99. The fourth-order valence-corrected chi connectivity index (χ4v) is 4.49. The van der Waals surface area contributed by atoms with E-state index in [0.29, 0.717) is 18.5 Å². The topological polar surface area (TPSA) is 112 Å². The lowest BCUT2D eigenvalue weighted by molar-refractivity contribution is -0.126. The first-order chi connectivity index (χ1) is 14.0. The summed E-state index contributed by atoms with van der Waals surface area (Å²) in [6, 6.07) is 7.09. The van der Waals surface area contributed by atoms with Crippen LogP contribution in [0.5, 0.6) is 0 Å². The summed E-state index contributed by atoms with van der Waals surface area (Å²) in [6.45, 7) is 0.371. The van der Waals surface area contributed by atoms with Crippen molar-refractivity contribution in [3.05, 3.63) is 23.8 Å². The van der Waals surface area contributed by atoms with Crippen molar-refractivity contribution in [2.75, 3.05) is 23.4 Å². The summed E-state index contributed by atoms with van der Waals surface area (Å²) in [7, 11) is 0. The monoisotopic (exact) mass is 396 g/mol. The Morgan fingerprint density at radius 1 is 1.28 bits per heavy atom. The molecule has 0 radical (unpaired) electrons. The van der Waals surface area contributed by atoms with E-state index >= 15 is 0 Å². The minimum Gasteiger partial charge on any atom is -0.452 e. The summed E-state index contributed by atoms with van der Waals surface area (Å²) < 4.78 is 5.14. The van der Waals surface area contributed by atoms with E-state index < -0.39 is 24.0 Å². The number of hydrogen-bond donors (Lipinski definition) is 2. The van der Waals surface area contributed by atoms with Gasteiger partial charge in [0.25, 0.3) is 5.91 Å². The Kier molecular flexibility index (Phi) is 5.14. The van der Waals surface area contributed by atoms with Crippen LogP contribution in [0.2, 0.25) is 0 Å². The average molecular weight is 396 g/mol. The molecular formula is C21H24N4O4. The Bertz CT molecular complexity index is 885. The van der Waals surface area contributed by atoms with Crippen LogP contribution in [0, 0.1) is 11.3 Å². The third-order valence-electron chi connectivity index (χ3n) is 5.99. The number of benzene rings is 1. The van der Waals surface area contributed by atoms with Gasteiger partial charge in [-0.05, 0) is 43.9 Å². The Hall–Kier alpha value is -3.08. The first kappa shape index (κ1) is 19.2. The van der Waals surface area contributed by atoms with Crippen LogP contribution < -0.4 is 15.5 Å². The van der Waals surface area contributed by atoms with Gasteiger partial charge in [-0.1, -0.05) is 19.3 Å². The fourth-order valence-electron chi connectivity index (χ4n) is 4.49. The molecule has 1 aromatic carbocycles. The first-order valence-electron chi connectivity index (χ1n) is 10.1. The lowest BCUT2D eigenvalue weighted by atomic mass is 9.83. The van der Waals surface area contributed by atoms with Gasteiger partial charge in [0.05, 0.1) is 23.0 Å². The molecule has 29 heavy (non-hydrogen) atoms. The van der Waals surface area contributed by atoms with Gasteiger partial charge >= 0.3 is 5.97 Å². The van der Waals surface area contributed by atoms with Crippen molar-refractivity contribution < 1.29 is 19.1 Å². The molecule has 1 aromatic rings. The highest BCUT2D eigenvalue weighted by molar-refractivity contribution is 6.05. The van der Waals surface area contributed by atoms with E-state index in [9.17, 15) is 19.6 Å². The van der Waals surface area contributed by atoms with Crippen molar-refractivity contribution in [1.29, 1.82) is 5.26 Å². The molecule has 2 fully saturated rings. The number of carbonyl (C=O) groups is 3. The molecule has 4 rings (SSSR count). The maximum atomic E-state index is 12.4. The third kappa shape index (κ3) is 3.77. The van der Waals surface area contributed by atoms with Crippen molar-refractivity contribution in [3.63, 3.8) is 0 Å². The molecule has 0 unspecified atom stereocenters. The molecular weight excluding hydrogens is 372 g/mol. The fraction of sp³-hybridized carbons (Fsp3) is 0.524. The number of esters is 1. The molecule has 2 amide bonds. The SMILES string of the molecule is N#CC1(NC(=O)COC(=O)c2ccc3c(c2)NC(=O)[C@H]2CCCN32)CCCCC1.